The van der Waals surface area contributed by atoms with Gasteiger partial charge in [0, 0.05) is 45.4 Å². The molecule has 1 heterocycles. The average molecular weight is 355 g/mol. The van der Waals surface area contributed by atoms with Crippen molar-refractivity contribution in [1.29, 1.82) is 0 Å². The predicted octanol–water partition coefficient (Wildman–Crippen LogP) is 2.42. The van der Waals surface area contributed by atoms with E-state index in [0.29, 0.717) is 18.0 Å². The van der Waals surface area contributed by atoms with Crippen LogP contribution in [-0.4, -0.2) is 63.1 Å². The molecule has 0 aliphatic carbocycles. The molecule has 0 radical (unpaired) electrons. The minimum atomic E-state index is -3.44. The fraction of sp³-hybridized carbons (Fsp3) is 0.667. The van der Waals surface area contributed by atoms with E-state index in [9.17, 15) is 8.42 Å². The van der Waals surface area contributed by atoms with Gasteiger partial charge in [-0.1, -0.05) is 17.7 Å². The highest BCUT2D eigenvalue weighted by Gasteiger charge is 2.36. The highest BCUT2D eigenvalue weighted by atomic mass is 32.2. The van der Waals surface area contributed by atoms with Gasteiger partial charge in [-0.15, -0.1) is 0 Å². The fourth-order valence-corrected chi connectivity index (χ4v) is 5.37. The van der Waals surface area contributed by atoms with Crippen LogP contribution in [-0.2, 0) is 14.8 Å². The molecule has 2 atom stereocenters. The van der Waals surface area contributed by atoms with Gasteiger partial charge >= 0.3 is 0 Å². The quantitative estimate of drug-likeness (QED) is 0.736. The first-order valence-electron chi connectivity index (χ1n) is 8.59. The van der Waals surface area contributed by atoms with E-state index in [1.807, 2.05) is 26.0 Å². The van der Waals surface area contributed by atoms with Crippen LogP contribution >= 0.6 is 0 Å². The predicted molar refractivity (Wildman–Crippen MR) is 96.8 cm³/mol. The molecular formula is C18H30N2O3S. The number of rotatable bonds is 6. The first-order valence-corrected chi connectivity index (χ1v) is 10.0. The van der Waals surface area contributed by atoms with E-state index >= 15 is 0 Å². The van der Waals surface area contributed by atoms with E-state index in [1.165, 1.54) is 0 Å². The summed E-state index contributed by atoms with van der Waals surface area (Å²) in [6, 6.07) is 5.94. The van der Waals surface area contributed by atoms with Gasteiger partial charge in [-0.2, -0.15) is 4.31 Å². The molecule has 24 heavy (non-hydrogen) atoms. The molecule has 0 N–H and O–H groups in total. The molecule has 1 fully saturated rings. The largest absolute Gasteiger partial charge is 0.385 e. The molecule has 136 valence electrons. The Hall–Kier alpha value is -0.950. The van der Waals surface area contributed by atoms with E-state index in [4.69, 9.17) is 4.74 Å². The number of methoxy groups -OCH3 is 1. The van der Waals surface area contributed by atoms with Crippen molar-refractivity contribution in [3.8, 4) is 0 Å². The number of hydrogen-bond acceptors (Lipinski definition) is 4. The van der Waals surface area contributed by atoms with Gasteiger partial charge in [0.05, 0.1) is 4.90 Å². The molecule has 0 saturated carbocycles. The minimum absolute atomic E-state index is 0.200. The Bertz CT molecular complexity index is 648. The van der Waals surface area contributed by atoms with Gasteiger partial charge in [-0.3, -0.25) is 4.90 Å². The first-order chi connectivity index (χ1) is 11.3. The summed E-state index contributed by atoms with van der Waals surface area (Å²) >= 11 is 0. The summed E-state index contributed by atoms with van der Waals surface area (Å²) in [5, 5.41) is 0. The second-order valence-corrected chi connectivity index (χ2v) is 8.78. The SMILES string of the molecule is COCCCN1C(C)CN(S(=O)(=O)c2ccc(C)cc2C)CC1C. The lowest BCUT2D eigenvalue weighted by Gasteiger charge is -2.44. The lowest BCUT2D eigenvalue weighted by atomic mass is 10.1. The molecule has 0 bridgehead atoms. The van der Waals surface area contributed by atoms with Crippen LogP contribution in [0.4, 0.5) is 0 Å². The van der Waals surface area contributed by atoms with Gasteiger partial charge in [-0.25, -0.2) is 8.42 Å². The average Bonchev–Trinajstić information content (AvgIpc) is 2.49. The Morgan fingerprint density at radius 1 is 1.17 bits per heavy atom. The second kappa shape index (κ2) is 7.95. The third kappa shape index (κ3) is 4.17. The van der Waals surface area contributed by atoms with Crippen molar-refractivity contribution in [2.24, 2.45) is 0 Å². The van der Waals surface area contributed by atoms with E-state index in [-0.39, 0.29) is 12.1 Å². The van der Waals surface area contributed by atoms with Crippen LogP contribution in [0.2, 0.25) is 0 Å². The Morgan fingerprint density at radius 2 is 1.79 bits per heavy atom. The van der Waals surface area contributed by atoms with Crippen LogP contribution < -0.4 is 0 Å². The lowest BCUT2D eigenvalue weighted by molar-refractivity contribution is 0.0665. The Balaban J connectivity index is 2.16. The first kappa shape index (κ1) is 19.4. The summed E-state index contributed by atoms with van der Waals surface area (Å²) < 4.78 is 32.9. The van der Waals surface area contributed by atoms with E-state index in [0.717, 1.165) is 30.7 Å². The lowest BCUT2D eigenvalue weighted by Crippen LogP contribution is -2.58. The molecule has 2 unspecified atom stereocenters. The zero-order valence-electron chi connectivity index (χ0n) is 15.4. The van der Waals surface area contributed by atoms with Crippen molar-refractivity contribution < 1.29 is 13.2 Å². The van der Waals surface area contributed by atoms with Crippen LogP contribution in [0.1, 0.15) is 31.4 Å². The molecule has 1 aromatic rings. The number of hydrogen-bond donors (Lipinski definition) is 0. The zero-order chi connectivity index (χ0) is 17.9. The van der Waals surface area contributed by atoms with Crippen molar-refractivity contribution in [2.75, 3.05) is 33.4 Å². The van der Waals surface area contributed by atoms with Crippen molar-refractivity contribution in [1.82, 2.24) is 9.21 Å². The van der Waals surface area contributed by atoms with Crippen LogP contribution in [0.15, 0.2) is 23.1 Å². The molecule has 0 aromatic heterocycles. The maximum absolute atomic E-state index is 13.1. The zero-order valence-corrected chi connectivity index (χ0v) is 16.3. The van der Waals surface area contributed by atoms with Crippen molar-refractivity contribution in [3.63, 3.8) is 0 Å². The van der Waals surface area contributed by atoms with Crippen LogP contribution in [0.3, 0.4) is 0 Å². The molecule has 1 aliphatic heterocycles. The molecule has 6 heteroatoms. The van der Waals surface area contributed by atoms with Crippen molar-refractivity contribution in [3.05, 3.63) is 29.3 Å². The molecular weight excluding hydrogens is 324 g/mol. The molecule has 5 nitrogen and oxygen atoms in total. The maximum atomic E-state index is 13.1. The highest BCUT2D eigenvalue weighted by Crippen LogP contribution is 2.25. The van der Waals surface area contributed by atoms with Crippen LogP contribution in [0.5, 0.6) is 0 Å². The molecule has 1 aromatic carbocycles. The van der Waals surface area contributed by atoms with Crippen LogP contribution in [0, 0.1) is 13.8 Å². The molecule has 0 spiro atoms. The Labute approximate surface area is 146 Å². The number of sulfonamides is 1. The third-order valence-electron chi connectivity index (χ3n) is 4.78. The van der Waals surface area contributed by atoms with Crippen molar-refractivity contribution in [2.45, 2.75) is 51.1 Å². The van der Waals surface area contributed by atoms with Gasteiger partial charge in [0.1, 0.15) is 0 Å². The summed E-state index contributed by atoms with van der Waals surface area (Å²) in [4.78, 5) is 2.81. The molecule has 2 rings (SSSR count). The van der Waals surface area contributed by atoms with E-state index in [1.54, 1.807) is 17.5 Å². The van der Waals surface area contributed by atoms with E-state index in [2.05, 4.69) is 18.7 Å². The van der Waals surface area contributed by atoms with Crippen LogP contribution in [0.25, 0.3) is 0 Å². The number of aryl methyl sites for hydroxylation is 2. The molecule has 1 saturated heterocycles. The summed E-state index contributed by atoms with van der Waals surface area (Å²) in [6.45, 7) is 10.8. The van der Waals surface area contributed by atoms with Gasteiger partial charge in [0.25, 0.3) is 0 Å². The monoisotopic (exact) mass is 354 g/mol. The Morgan fingerprint density at radius 3 is 2.33 bits per heavy atom. The summed E-state index contributed by atoms with van der Waals surface area (Å²) in [7, 11) is -1.73. The van der Waals surface area contributed by atoms with Gasteiger partial charge in [0.15, 0.2) is 0 Å². The van der Waals surface area contributed by atoms with Gasteiger partial charge in [0.2, 0.25) is 10.0 Å². The van der Waals surface area contributed by atoms with Crippen molar-refractivity contribution >= 4 is 10.0 Å². The van der Waals surface area contributed by atoms with Gasteiger partial charge in [-0.05, 0) is 45.7 Å². The summed E-state index contributed by atoms with van der Waals surface area (Å²) in [6.07, 6.45) is 0.967. The summed E-state index contributed by atoms with van der Waals surface area (Å²) in [5.74, 6) is 0. The Kier molecular flexibility index (Phi) is 6.42. The maximum Gasteiger partial charge on any atom is 0.243 e. The standard InChI is InChI=1S/C18H30N2O3S/c1-14-7-8-18(15(2)11-14)24(21,22)19-12-16(3)20(17(4)13-19)9-6-10-23-5/h7-8,11,16-17H,6,9-10,12-13H2,1-5H3. The summed E-state index contributed by atoms with van der Waals surface area (Å²) in [5.41, 5.74) is 1.90. The third-order valence-corrected chi connectivity index (χ3v) is 6.77. The smallest absolute Gasteiger partial charge is 0.243 e. The topological polar surface area (TPSA) is 49.9 Å². The number of ether oxygens (including phenoxy) is 1. The highest BCUT2D eigenvalue weighted by molar-refractivity contribution is 7.89. The number of piperazine rings is 1. The minimum Gasteiger partial charge on any atom is -0.385 e. The number of nitrogens with zero attached hydrogens (tertiary/aromatic N) is 2. The number of benzene rings is 1. The second-order valence-electron chi connectivity index (χ2n) is 6.87. The normalized spacial score (nSPS) is 23.5. The fourth-order valence-electron chi connectivity index (χ4n) is 3.56. The molecule has 1 aliphatic rings. The molecule has 0 amide bonds. The van der Waals surface area contributed by atoms with Gasteiger partial charge < -0.3 is 4.74 Å². The van der Waals surface area contributed by atoms with E-state index < -0.39 is 10.0 Å².